The zero-order valence-corrected chi connectivity index (χ0v) is 9.07. The molecule has 0 spiro atoms. The molecule has 1 aromatic carbocycles. The lowest BCUT2D eigenvalue weighted by atomic mass is 10.3. The molecule has 0 unspecified atom stereocenters. The van der Waals surface area contributed by atoms with Gasteiger partial charge in [0.1, 0.15) is 0 Å². The second-order valence-electron chi connectivity index (χ2n) is 1.97. The zero-order valence-electron chi connectivity index (χ0n) is 9.07. The van der Waals surface area contributed by atoms with E-state index in [1.54, 1.807) is 18.2 Å². The van der Waals surface area contributed by atoms with Crippen LogP contribution in [0.4, 0.5) is 0 Å². The van der Waals surface area contributed by atoms with Crippen LogP contribution >= 0.6 is 0 Å². The molecule has 0 atom stereocenters. The summed E-state index contributed by atoms with van der Waals surface area (Å²) in [4.78, 5) is 10.7. The third-order valence-corrected chi connectivity index (χ3v) is 1.34. The fourth-order valence-electron chi connectivity index (χ4n) is 0.859. The molecule has 0 aliphatic heterocycles. The Balaban J connectivity index is 0.000000379. The minimum absolute atomic E-state index is 0.440. The molecule has 0 bridgehead atoms. The largest absolute Gasteiger partial charge is 0.272 e. The topological polar surface area (TPSA) is 51.9 Å². The Morgan fingerprint density at radius 1 is 1.14 bits per heavy atom. The number of benzene rings is 1. The van der Waals surface area contributed by atoms with E-state index in [-0.39, 0.29) is 0 Å². The van der Waals surface area contributed by atoms with Gasteiger partial charge in [0, 0.05) is 0 Å². The number of nitrogens with zero attached hydrogens (tertiary/aromatic N) is 1. The average molecular weight is 197 g/mol. The minimum atomic E-state index is 0.440. The predicted octanol–water partition coefficient (Wildman–Crippen LogP) is 2.73. The molecular weight excluding hydrogens is 180 g/mol. The quantitative estimate of drug-likeness (QED) is 0.706. The highest BCUT2D eigenvalue weighted by Crippen LogP contribution is 2.02. The first-order chi connectivity index (χ1) is 6.88. The SMILES string of the molecule is CC.CC.O=[n+]1o[nH]c2ccccc21. The van der Waals surface area contributed by atoms with Gasteiger partial charge in [-0.05, 0) is 17.0 Å². The van der Waals surface area contributed by atoms with Gasteiger partial charge in [0.25, 0.3) is 5.52 Å². The summed E-state index contributed by atoms with van der Waals surface area (Å²) in [6.07, 6.45) is 0. The number of hydrogen-bond donors (Lipinski definition) is 1. The van der Waals surface area contributed by atoms with E-state index in [0.717, 1.165) is 0 Å². The van der Waals surface area contributed by atoms with Gasteiger partial charge in [-0.15, -0.1) is 0 Å². The van der Waals surface area contributed by atoms with E-state index in [2.05, 4.69) is 9.79 Å². The van der Waals surface area contributed by atoms with Crippen LogP contribution in [0, 0.1) is 4.91 Å². The predicted molar refractivity (Wildman–Crippen MR) is 56.6 cm³/mol. The van der Waals surface area contributed by atoms with Gasteiger partial charge in [-0.3, -0.25) is 0 Å². The highest BCUT2D eigenvalue weighted by molar-refractivity contribution is 5.69. The molecule has 0 radical (unpaired) electrons. The molecule has 2 aromatic rings. The smallest absolute Gasteiger partial charge is 0.0875 e. The summed E-state index contributed by atoms with van der Waals surface area (Å²) in [5.41, 5.74) is 1.22. The summed E-state index contributed by atoms with van der Waals surface area (Å²) in [5, 5.41) is 2.46. The van der Waals surface area contributed by atoms with Crippen molar-refractivity contribution in [2.24, 2.45) is 0 Å². The summed E-state index contributed by atoms with van der Waals surface area (Å²) in [7, 11) is 0. The van der Waals surface area contributed by atoms with Crippen molar-refractivity contribution in [3.8, 4) is 0 Å². The van der Waals surface area contributed by atoms with Crippen LogP contribution in [0.1, 0.15) is 27.7 Å². The number of aromatic amines is 1. The minimum Gasteiger partial charge on any atom is -0.0875 e. The van der Waals surface area contributed by atoms with Crippen molar-refractivity contribution in [1.29, 1.82) is 0 Å². The Morgan fingerprint density at radius 3 is 2.29 bits per heavy atom. The van der Waals surface area contributed by atoms with Gasteiger partial charge < -0.3 is 0 Å². The molecule has 2 rings (SSSR count). The van der Waals surface area contributed by atoms with Crippen molar-refractivity contribution in [1.82, 2.24) is 5.16 Å². The van der Waals surface area contributed by atoms with Crippen molar-refractivity contribution >= 4 is 11.0 Å². The Bertz CT molecular complexity index is 403. The van der Waals surface area contributed by atoms with Gasteiger partial charge in [-0.2, -0.15) is 0 Å². The van der Waals surface area contributed by atoms with Crippen molar-refractivity contribution in [3.63, 3.8) is 0 Å². The highest BCUT2D eigenvalue weighted by atomic mass is 16.7. The van der Waals surface area contributed by atoms with Crippen LogP contribution in [-0.2, 0) is 0 Å². The van der Waals surface area contributed by atoms with Crippen molar-refractivity contribution in [3.05, 3.63) is 29.2 Å². The van der Waals surface area contributed by atoms with Crippen LogP contribution in [0.2, 0.25) is 0 Å². The maximum Gasteiger partial charge on any atom is 0.272 e. The van der Waals surface area contributed by atoms with Crippen LogP contribution in [0.5, 0.6) is 0 Å². The number of para-hydroxylation sites is 2. The molecule has 78 valence electrons. The first-order valence-corrected chi connectivity index (χ1v) is 4.87. The fraction of sp³-hybridized carbons (Fsp3) is 0.400. The molecule has 4 heteroatoms. The standard InChI is InChI=1S/C6H5N2O2.2C2H6/c9-8-6-4-2-1-3-5(6)7-10-8;2*1-2/h1-4,7H;2*1-2H3/q+1;;. The number of fused-ring (bicyclic) bond motifs is 1. The zero-order chi connectivity index (χ0) is 11.0. The number of H-pyrrole nitrogens is 1. The van der Waals surface area contributed by atoms with Gasteiger partial charge >= 0.3 is 0 Å². The highest BCUT2D eigenvalue weighted by Gasteiger charge is 2.05. The summed E-state index contributed by atoms with van der Waals surface area (Å²) in [6.45, 7) is 8.00. The number of nitrogens with one attached hydrogen (secondary N) is 1. The molecule has 0 aliphatic carbocycles. The van der Waals surface area contributed by atoms with E-state index in [4.69, 9.17) is 0 Å². The third-order valence-electron chi connectivity index (χ3n) is 1.34. The Morgan fingerprint density at radius 2 is 1.71 bits per heavy atom. The van der Waals surface area contributed by atoms with E-state index in [1.165, 1.54) is 0 Å². The van der Waals surface area contributed by atoms with Crippen molar-refractivity contribution in [2.75, 3.05) is 0 Å². The average Bonchev–Trinajstić information content (AvgIpc) is 2.67. The Hall–Kier alpha value is -1.58. The lowest BCUT2D eigenvalue weighted by molar-refractivity contribution is -0.692. The molecule has 1 N–H and O–H groups in total. The van der Waals surface area contributed by atoms with Crippen molar-refractivity contribution < 1.29 is 9.23 Å². The molecule has 1 aromatic heterocycles. The van der Waals surface area contributed by atoms with Crippen LogP contribution in [0.25, 0.3) is 11.0 Å². The second-order valence-corrected chi connectivity index (χ2v) is 1.97. The van der Waals surface area contributed by atoms with Gasteiger partial charge in [0.2, 0.25) is 5.52 Å². The summed E-state index contributed by atoms with van der Waals surface area (Å²) >= 11 is 0. The molecule has 4 nitrogen and oxygen atoms in total. The normalized spacial score (nSPS) is 8.29. The second kappa shape index (κ2) is 6.88. The van der Waals surface area contributed by atoms with Gasteiger partial charge in [0.15, 0.2) is 4.60 Å². The molecule has 14 heavy (non-hydrogen) atoms. The number of hydrogen-bond acceptors (Lipinski definition) is 2. The molecule has 0 fully saturated rings. The van der Waals surface area contributed by atoms with Crippen LogP contribution in [0.15, 0.2) is 28.9 Å². The van der Waals surface area contributed by atoms with Gasteiger partial charge in [-0.25, -0.2) is 0 Å². The fourth-order valence-corrected chi connectivity index (χ4v) is 0.859. The van der Waals surface area contributed by atoms with E-state index in [9.17, 15) is 4.91 Å². The lowest BCUT2D eigenvalue weighted by Crippen LogP contribution is -2.07. The molecule has 0 saturated heterocycles. The van der Waals surface area contributed by atoms with E-state index >= 15 is 0 Å². The Kier molecular flexibility index (Phi) is 6.11. The van der Waals surface area contributed by atoms with Crippen molar-refractivity contribution in [2.45, 2.75) is 27.7 Å². The van der Waals surface area contributed by atoms with Crippen LogP contribution < -0.4 is 4.60 Å². The van der Waals surface area contributed by atoms with Crippen LogP contribution in [-0.4, -0.2) is 5.16 Å². The third kappa shape index (κ3) is 2.73. The van der Waals surface area contributed by atoms with Gasteiger partial charge in [-0.1, -0.05) is 49.6 Å². The molecule has 0 aliphatic rings. The summed E-state index contributed by atoms with van der Waals surface area (Å²) < 4.78 is 4.89. The molecular formula is C10H17N2O2+. The van der Waals surface area contributed by atoms with E-state index in [1.807, 2.05) is 33.8 Å². The summed E-state index contributed by atoms with van der Waals surface area (Å²) in [5.74, 6) is 0. The van der Waals surface area contributed by atoms with E-state index in [0.29, 0.717) is 15.6 Å². The van der Waals surface area contributed by atoms with Gasteiger partial charge in [0.05, 0.1) is 0 Å². The molecule has 1 heterocycles. The summed E-state index contributed by atoms with van der Waals surface area (Å²) in [6, 6.07) is 7.06. The maximum atomic E-state index is 10.7. The maximum absolute atomic E-state index is 10.7. The number of rotatable bonds is 0. The Labute approximate surface area is 83.1 Å². The number of aromatic nitrogens is 2. The molecule has 0 saturated carbocycles. The monoisotopic (exact) mass is 197 g/mol. The lowest BCUT2D eigenvalue weighted by Gasteiger charge is -1.71. The first-order valence-electron chi connectivity index (χ1n) is 4.87. The van der Waals surface area contributed by atoms with Crippen LogP contribution in [0.3, 0.4) is 0 Å². The first kappa shape index (κ1) is 12.4. The van der Waals surface area contributed by atoms with E-state index < -0.39 is 0 Å². The molecule has 0 amide bonds.